The molecule has 0 aliphatic carbocycles. The van der Waals surface area contributed by atoms with Gasteiger partial charge in [0.2, 0.25) is 0 Å². The molecule has 1 amide bonds. The number of benzene rings is 1. The third-order valence-electron chi connectivity index (χ3n) is 4.51. The lowest BCUT2D eigenvalue weighted by atomic mass is 10.0. The molecule has 0 saturated carbocycles. The van der Waals surface area contributed by atoms with Gasteiger partial charge in [0.1, 0.15) is 0 Å². The molecule has 0 radical (unpaired) electrons. The first-order valence-electron chi connectivity index (χ1n) is 9.51. The number of rotatable bonds is 9. The normalized spacial score (nSPS) is 12.2. The maximum atomic E-state index is 12.5. The van der Waals surface area contributed by atoms with E-state index in [2.05, 4.69) is 15.4 Å². The lowest BCUT2D eigenvalue weighted by Gasteiger charge is -2.15. The Morgan fingerprint density at radius 2 is 2.06 bits per heavy atom. The van der Waals surface area contributed by atoms with Gasteiger partial charge in [-0.1, -0.05) is 12.1 Å². The van der Waals surface area contributed by atoms with Gasteiger partial charge in [0.05, 0.1) is 17.6 Å². The molecular formula is C21H24N6O3S. The molecule has 2 aromatic heterocycles. The SMILES string of the molecule is Cn1cc(-c2ccncc2/C=C/C(=O)N(N)c2ccc(CNCCS(=O)O)cc2)cn1. The van der Waals surface area contributed by atoms with Gasteiger partial charge in [-0.15, -0.1) is 0 Å². The summed E-state index contributed by atoms with van der Waals surface area (Å²) in [4.78, 5) is 16.7. The second-order valence-corrected chi connectivity index (χ2v) is 7.83. The molecule has 4 N–H and O–H groups in total. The van der Waals surface area contributed by atoms with E-state index >= 15 is 0 Å². The van der Waals surface area contributed by atoms with E-state index in [1.807, 2.05) is 31.4 Å². The predicted molar refractivity (Wildman–Crippen MR) is 121 cm³/mol. The van der Waals surface area contributed by atoms with Crippen LogP contribution in [-0.4, -0.2) is 41.7 Å². The number of carbonyl (C=O) groups is 1. The van der Waals surface area contributed by atoms with Gasteiger partial charge in [-0.05, 0) is 35.4 Å². The molecule has 0 aliphatic rings. The van der Waals surface area contributed by atoms with Crippen molar-refractivity contribution in [3.05, 3.63) is 72.3 Å². The Kier molecular flexibility index (Phi) is 7.79. The van der Waals surface area contributed by atoms with Crippen LogP contribution in [0.5, 0.6) is 0 Å². The largest absolute Gasteiger partial charge is 0.312 e. The average Bonchev–Trinajstić information content (AvgIpc) is 3.21. The molecule has 10 heteroatoms. The number of hydrogen-bond acceptors (Lipinski definition) is 6. The molecular weight excluding hydrogens is 416 g/mol. The van der Waals surface area contributed by atoms with Crippen molar-refractivity contribution < 1.29 is 13.6 Å². The van der Waals surface area contributed by atoms with E-state index in [0.29, 0.717) is 18.8 Å². The quantitative estimate of drug-likeness (QED) is 0.115. The second kappa shape index (κ2) is 10.7. The van der Waals surface area contributed by atoms with Crippen molar-refractivity contribution in [1.29, 1.82) is 0 Å². The van der Waals surface area contributed by atoms with Crippen LogP contribution in [0.1, 0.15) is 11.1 Å². The predicted octanol–water partition coefficient (Wildman–Crippen LogP) is 1.71. The van der Waals surface area contributed by atoms with E-state index < -0.39 is 11.1 Å². The molecule has 1 aromatic carbocycles. The molecule has 1 atom stereocenters. The first kappa shape index (κ1) is 22.5. The van der Waals surface area contributed by atoms with Crippen LogP contribution in [0.15, 0.2) is 61.2 Å². The highest BCUT2D eigenvalue weighted by molar-refractivity contribution is 7.79. The summed E-state index contributed by atoms with van der Waals surface area (Å²) in [5.74, 6) is 5.78. The van der Waals surface area contributed by atoms with E-state index in [1.165, 1.54) is 6.08 Å². The minimum Gasteiger partial charge on any atom is -0.312 e. The third-order valence-corrected chi connectivity index (χ3v) is 5.06. The Bertz CT molecular complexity index is 1080. The molecule has 2 heterocycles. The highest BCUT2D eigenvalue weighted by Gasteiger charge is 2.10. The Morgan fingerprint density at radius 1 is 1.29 bits per heavy atom. The van der Waals surface area contributed by atoms with Crippen molar-refractivity contribution in [2.75, 3.05) is 17.3 Å². The van der Waals surface area contributed by atoms with Crippen LogP contribution in [0.3, 0.4) is 0 Å². The van der Waals surface area contributed by atoms with Crippen molar-refractivity contribution in [2.45, 2.75) is 6.54 Å². The van der Waals surface area contributed by atoms with Gasteiger partial charge in [-0.2, -0.15) is 5.10 Å². The van der Waals surface area contributed by atoms with Gasteiger partial charge in [-0.25, -0.2) is 15.1 Å². The van der Waals surface area contributed by atoms with Crippen LogP contribution in [0.4, 0.5) is 5.69 Å². The zero-order valence-corrected chi connectivity index (χ0v) is 17.8. The van der Waals surface area contributed by atoms with Gasteiger partial charge in [0, 0.05) is 55.9 Å². The minimum atomic E-state index is -1.80. The molecule has 162 valence electrons. The van der Waals surface area contributed by atoms with Gasteiger partial charge < -0.3 is 9.87 Å². The number of carbonyl (C=O) groups excluding carboxylic acids is 1. The van der Waals surface area contributed by atoms with Crippen molar-refractivity contribution in [1.82, 2.24) is 20.1 Å². The summed E-state index contributed by atoms with van der Waals surface area (Å²) in [7, 11) is 1.84. The van der Waals surface area contributed by atoms with Crippen LogP contribution in [-0.2, 0) is 29.5 Å². The summed E-state index contributed by atoms with van der Waals surface area (Å²) in [6.07, 6.45) is 10.1. The lowest BCUT2D eigenvalue weighted by Crippen LogP contribution is -2.36. The monoisotopic (exact) mass is 440 g/mol. The topological polar surface area (TPSA) is 126 Å². The molecule has 0 fully saturated rings. The van der Waals surface area contributed by atoms with E-state index in [0.717, 1.165) is 27.3 Å². The summed E-state index contributed by atoms with van der Waals surface area (Å²) in [5, 5.41) is 8.33. The van der Waals surface area contributed by atoms with Crippen LogP contribution in [0.25, 0.3) is 17.2 Å². The van der Waals surface area contributed by atoms with E-state index in [9.17, 15) is 9.00 Å². The fourth-order valence-corrected chi connectivity index (χ4v) is 3.22. The number of anilines is 1. The Morgan fingerprint density at radius 3 is 2.74 bits per heavy atom. The lowest BCUT2D eigenvalue weighted by molar-refractivity contribution is -0.114. The highest BCUT2D eigenvalue weighted by Crippen LogP contribution is 2.23. The average molecular weight is 441 g/mol. The maximum Gasteiger partial charge on any atom is 0.265 e. The number of pyridine rings is 1. The van der Waals surface area contributed by atoms with E-state index in [1.54, 1.807) is 41.5 Å². The number of amides is 1. The number of aryl methyl sites for hydroxylation is 1. The van der Waals surface area contributed by atoms with E-state index in [4.69, 9.17) is 10.4 Å². The third kappa shape index (κ3) is 6.40. The number of hydrogen-bond donors (Lipinski definition) is 3. The number of aromatic nitrogens is 3. The standard InChI is InChI=1S/C21H24N6O3S/c1-26-15-18(14-25-26)20-8-9-23-13-17(20)4-7-21(28)27(22)19-5-2-16(3-6-19)12-24-10-11-31(29)30/h2-9,13-15,24H,10-12,22H2,1H3,(H,29,30)/b7-4+. The summed E-state index contributed by atoms with van der Waals surface area (Å²) in [6.45, 7) is 0.987. The number of nitrogens with one attached hydrogen (secondary N) is 1. The summed E-state index contributed by atoms with van der Waals surface area (Å²) in [6, 6.07) is 9.05. The maximum absolute atomic E-state index is 12.5. The molecule has 0 aliphatic heterocycles. The fourth-order valence-electron chi connectivity index (χ4n) is 2.90. The van der Waals surface area contributed by atoms with Crippen molar-refractivity contribution in [3.8, 4) is 11.1 Å². The first-order chi connectivity index (χ1) is 14.9. The molecule has 0 spiro atoms. The van der Waals surface area contributed by atoms with Gasteiger partial charge in [-0.3, -0.25) is 14.5 Å². The number of nitrogens with two attached hydrogens (primary N) is 1. The number of nitrogens with zero attached hydrogens (tertiary/aromatic N) is 4. The first-order valence-corrected chi connectivity index (χ1v) is 10.8. The van der Waals surface area contributed by atoms with Crippen LogP contribution < -0.4 is 16.2 Å². The smallest absolute Gasteiger partial charge is 0.265 e. The summed E-state index contributed by atoms with van der Waals surface area (Å²) >= 11 is -1.80. The molecule has 3 aromatic rings. The molecule has 9 nitrogen and oxygen atoms in total. The highest BCUT2D eigenvalue weighted by atomic mass is 32.2. The molecule has 0 saturated heterocycles. The zero-order chi connectivity index (χ0) is 22.2. The van der Waals surface area contributed by atoms with Crippen LogP contribution in [0.2, 0.25) is 0 Å². The van der Waals surface area contributed by atoms with Crippen LogP contribution >= 0.6 is 0 Å². The van der Waals surface area contributed by atoms with Gasteiger partial charge >= 0.3 is 0 Å². The Balaban J connectivity index is 1.63. The van der Waals surface area contributed by atoms with Gasteiger partial charge in [0.15, 0.2) is 11.1 Å². The van der Waals surface area contributed by atoms with E-state index in [-0.39, 0.29) is 11.7 Å². The minimum absolute atomic E-state index is 0.176. The Hall–Kier alpha value is -3.18. The summed E-state index contributed by atoms with van der Waals surface area (Å²) < 4.78 is 21.1. The van der Waals surface area contributed by atoms with Crippen molar-refractivity contribution in [3.63, 3.8) is 0 Å². The fraction of sp³-hybridized carbons (Fsp3) is 0.190. The molecule has 31 heavy (non-hydrogen) atoms. The second-order valence-electron chi connectivity index (χ2n) is 6.78. The molecule has 0 bridgehead atoms. The van der Waals surface area contributed by atoms with Crippen molar-refractivity contribution >= 4 is 28.8 Å². The van der Waals surface area contributed by atoms with Gasteiger partial charge in [0.25, 0.3) is 5.91 Å². The van der Waals surface area contributed by atoms with Crippen molar-refractivity contribution in [2.24, 2.45) is 12.9 Å². The van der Waals surface area contributed by atoms with Crippen LogP contribution in [0, 0.1) is 0 Å². The zero-order valence-electron chi connectivity index (χ0n) is 17.0. The summed E-state index contributed by atoms with van der Waals surface area (Å²) in [5.41, 5.74) is 4.14. The molecule has 3 rings (SSSR count). The number of hydrazine groups is 1. The molecule has 1 unspecified atom stereocenters. The Labute approximate surface area is 182 Å².